The number of anilines is 1. The van der Waals surface area contributed by atoms with Crippen molar-refractivity contribution in [2.45, 2.75) is 26.4 Å². The third kappa shape index (κ3) is 4.62. The third-order valence-electron chi connectivity index (χ3n) is 4.92. The lowest BCUT2D eigenvalue weighted by molar-refractivity contribution is 0.0948. The Kier molecular flexibility index (Phi) is 6.17. The van der Waals surface area contributed by atoms with E-state index >= 15 is 0 Å². The molecule has 1 aliphatic rings. The Hall–Kier alpha value is -3.34. The second-order valence-corrected chi connectivity index (χ2v) is 8.16. The van der Waals surface area contributed by atoms with Crippen LogP contribution in [-0.2, 0) is 13.1 Å². The number of benzene rings is 1. The number of nitrogens with zero attached hydrogens (tertiary/aromatic N) is 3. The number of aromatic nitrogens is 1. The number of furan rings is 1. The molecule has 3 amide bonds. The summed E-state index contributed by atoms with van der Waals surface area (Å²) >= 11 is 1.08. The minimum Gasteiger partial charge on any atom is -0.458 e. The first-order chi connectivity index (χ1) is 15.3. The Labute approximate surface area is 185 Å². The molecule has 0 atom stereocenters. The van der Waals surface area contributed by atoms with Gasteiger partial charge in [-0.15, -0.1) is 0 Å². The van der Waals surface area contributed by atoms with E-state index in [-0.39, 0.29) is 24.2 Å². The van der Waals surface area contributed by atoms with E-state index in [1.54, 1.807) is 24.0 Å². The zero-order valence-corrected chi connectivity index (χ0v) is 17.8. The van der Waals surface area contributed by atoms with Crippen molar-refractivity contribution in [1.29, 1.82) is 0 Å². The number of carbonyl (C=O) groups is 2. The van der Waals surface area contributed by atoms with Gasteiger partial charge in [0.15, 0.2) is 10.9 Å². The summed E-state index contributed by atoms with van der Waals surface area (Å²) in [4.78, 5) is 33.2. The molecule has 4 rings (SSSR count). The van der Waals surface area contributed by atoms with Crippen molar-refractivity contribution in [2.24, 2.45) is 0 Å². The second kappa shape index (κ2) is 9.03. The molecule has 1 saturated heterocycles. The van der Waals surface area contributed by atoms with E-state index in [9.17, 15) is 22.8 Å². The summed E-state index contributed by atoms with van der Waals surface area (Å²) in [5.41, 5.74) is 1.27. The quantitative estimate of drug-likeness (QED) is 0.559. The summed E-state index contributed by atoms with van der Waals surface area (Å²) in [6, 6.07) is 8.25. The summed E-state index contributed by atoms with van der Waals surface area (Å²) in [7, 11) is 0. The molecule has 11 heteroatoms. The average Bonchev–Trinajstić information content (AvgIpc) is 3.47. The monoisotopic (exact) mass is 464 g/mol. The van der Waals surface area contributed by atoms with Gasteiger partial charge in [0, 0.05) is 19.6 Å². The molecule has 1 aliphatic heterocycles. The van der Waals surface area contributed by atoms with Gasteiger partial charge in [-0.25, -0.2) is 22.9 Å². The molecule has 0 radical (unpaired) electrons. The molecule has 1 N–H and O–H groups in total. The van der Waals surface area contributed by atoms with Crippen LogP contribution in [0.4, 0.5) is 23.1 Å². The fraction of sp³-hybridized carbons (Fsp3) is 0.286. The maximum atomic E-state index is 13.1. The fourth-order valence-electron chi connectivity index (χ4n) is 3.28. The maximum Gasteiger partial charge on any atom is 0.326 e. The summed E-state index contributed by atoms with van der Waals surface area (Å²) in [6.45, 7) is 2.84. The van der Waals surface area contributed by atoms with E-state index in [0.717, 1.165) is 16.9 Å². The first-order valence-corrected chi connectivity index (χ1v) is 10.6. The molecule has 2 aromatic heterocycles. The Morgan fingerprint density at radius 2 is 1.97 bits per heavy atom. The molecule has 32 heavy (non-hydrogen) atoms. The summed E-state index contributed by atoms with van der Waals surface area (Å²) in [6.07, 6.45) is -2.72. The predicted molar refractivity (Wildman–Crippen MR) is 111 cm³/mol. The van der Waals surface area contributed by atoms with Crippen LogP contribution >= 0.6 is 11.3 Å². The molecule has 0 saturated carbocycles. The first kappa shape index (κ1) is 21.9. The number of hydrogen-bond donors (Lipinski definition) is 1. The minimum atomic E-state index is -2.72. The molecule has 3 heterocycles. The first-order valence-electron chi connectivity index (χ1n) is 9.75. The van der Waals surface area contributed by atoms with Crippen LogP contribution in [0.15, 0.2) is 40.8 Å². The van der Waals surface area contributed by atoms with Crippen LogP contribution in [-0.4, -0.2) is 34.9 Å². The number of amides is 3. The smallest absolute Gasteiger partial charge is 0.326 e. The largest absolute Gasteiger partial charge is 0.458 e. The van der Waals surface area contributed by atoms with Gasteiger partial charge in [0.1, 0.15) is 16.5 Å². The molecule has 0 unspecified atom stereocenters. The molecule has 0 aliphatic carbocycles. The summed E-state index contributed by atoms with van der Waals surface area (Å²) in [5, 5.41) is 3.02. The van der Waals surface area contributed by atoms with Crippen molar-refractivity contribution < 1.29 is 27.2 Å². The molecule has 1 fully saturated rings. The van der Waals surface area contributed by atoms with Crippen LogP contribution in [0.2, 0.25) is 0 Å². The van der Waals surface area contributed by atoms with Gasteiger partial charge in [-0.2, -0.15) is 0 Å². The molecule has 3 aromatic rings. The van der Waals surface area contributed by atoms with Gasteiger partial charge < -0.3 is 14.6 Å². The molecular formula is C21H19F3N4O3S. The standard InChI is InChI=1S/C21H19F3N4O3S/c1-12-17(19(29)25-10-15-6-7-16(31-15)18(23)24)32-20(26-12)28-9-8-27(21(28)30)11-13-2-4-14(22)5-3-13/h2-7,18H,8-11H2,1H3,(H,25,29). The Morgan fingerprint density at radius 1 is 1.22 bits per heavy atom. The van der Waals surface area contributed by atoms with Crippen molar-refractivity contribution in [3.63, 3.8) is 0 Å². The number of nitrogens with one attached hydrogen (secondary N) is 1. The predicted octanol–water partition coefficient (Wildman–Crippen LogP) is 4.49. The number of halogens is 3. The van der Waals surface area contributed by atoms with Gasteiger partial charge in [-0.1, -0.05) is 23.5 Å². The van der Waals surface area contributed by atoms with Crippen LogP contribution in [0.5, 0.6) is 0 Å². The van der Waals surface area contributed by atoms with Crippen molar-refractivity contribution >= 4 is 28.4 Å². The molecule has 0 bridgehead atoms. The number of carbonyl (C=O) groups excluding carboxylic acids is 2. The molecule has 168 valence electrons. The lowest BCUT2D eigenvalue weighted by Crippen LogP contribution is -2.31. The average molecular weight is 464 g/mol. The SMILES string of the molecule is Cc1nc(N2CCN(Cc3ccc(F)cc3)C2=O)sc1C(=O)NCc1ccc(C(F)F)o1. The van der Waals surface area contributed by atoms with Crippen molar-refractivity contribution in [1.82, 2.24) is 15.2 Å². The minimum absolute atomic E-state index is 0.0493. The number of rotatable bonds is 7. The number of thiazole rings is 1. The number of urea groups is 1. The van der Waals surface area contributed by atoms with Crippen LogP contribution in [0.3, 0.4) is 0 Å². The van der Waals surface area contributed by atoms with Crippen LogP contribution in [0, 0.1) is 12.7 Å². The molecule has 7 nitrogen and oxygen atoms in total. The van der Waals surface area contributed by atoms with Gasteiger partial charge in [0.25, 0.3) is 12.3 Å². The van der Waals surface area contributed by atoms with Crippen LogP contribution < -0.4 is 10.2 Å². The lowest BCUT2D eigenvalue weighted by atomic mass is 10.2. The fourth-order valence-corrected chi connectivity index (χ4v) is 4.28. The molecule has 1 aromatic carbocycles. The second-order valence-electron chi connectivity index (χ2n) is 7.18. The van der Waals surface area contributed by atoms with Gasteiger partial charge >= 0.3 is 6.03 Å². The zero-order valence-electron chi connectivity index (χ0n) is 17.0. The number of alkyl halides is 2. The van der Waals surface area contributed by atoms with Crippen LogP contribution in [0.25, 0.3) is 0 Å². The highest BCUT2D eigenvalue weighted by Crippen LogP contribution is 2.29. The van der Waals surface area contributed by atoms with Crippen molar-refractivity contribution in [3.8, 4) is 0 Å². The van der Waals surface area contributed by atoms with Crippen molar-refractivity contribution in [3.05, 3.63) is 69.9 Å². The topological polar surface area (TPSA) is 78.7 Å². The Bertz CT molecular complexity index is 1130. The Morgan fingerprint density at radius 3 is 2.66 bits per heavy atom. The highest BCUT2D eigenvalue weighted by atomic mass is 32.1. The maximum absolute atomic E-state index is 13.1. The molecule has 0 spiro atoms. The highest BCUT2D eigenvalue weighted by molar-refractivity contribution is 7.17. The van der Waals surface area contributed by atoms with Crippen LogP contribution in [0.1, 0.15) is 38.9 Å². The van der Waals surface area contributed by atoms with E-state index in [2.05, 4.69) is 10.3 Å². The van der Waals surface area contributed by atoms with Crippen molar-refractivity contribution in [2.75, 3.05) is 18.0 Å². The zero-order chi connectivity index (χ0) is 22.8. The summed E-state index contributed by atoms with van der Waals surface area (Å²) < 4.78 is 43.3. The van der Waals surface area contributed by atoms with E-state index in [0.29, 0.717) is 35.3 Å². The van der Waals surface area contributed by atoms with E-state index in [4.69, 9.17) is 4.42 Å². The van der Waals surface area contributed by atoms with Gasteiger partial charge in [0.05, 0.1) is 12.2 Å². The number of hydrogen-bond acceptors (Lipinski definition) is 5. The Balaban J connectivity index is 1.39. The normalized spacial score (nSPS) is 14.0. The third-order valence-corrected chi connectivity index (χ3v) is 6.10. The van der Waals surface area contributed by atoms with E-state index in [1.807, 2.05) is 0 Å². The van der Waals surface area contributed by atoms with Gasteiger partial charge in [-0.3, -0.25) is 9.69 Å². The highest BCUT2D eigenvalue weighted by Gasteiger charge is 2.32. The van der Waals surface area contributed by atoms with Gasteiger partial charge in [-0.05, 0) is 36.8 Å². The number of aryl methyl sites for hydroxylation is 1. The summed E-state index contributed by atoms with van der Waals surface area (Å²) in [5.74, 6) is -1.02. The lowest BCUT2D eigenvalue weighted by Gasteiger charge is -2.16. The molecular weight excluding hydrogens is 445 g/mol. The van der Waals surface area contributed by atoms with E-state index < -0.39 is 18.1 Å². The van der Waals surface area contributed by atoms with Gasteiger partial charge in [0.2, 0.25) is 0 Å². The van der Waals surface area contributed by atoms with E-state index in [1.165, 1.54) is 29.2 Å².